The Hall–Kier alpha value is -3.19. The van der Waals surface area contributed by atoms with Crippen molar-refractivity contribution in [2.75, 3.05) is 13.7 Å². The first-order valence-corrected chi connectivity index (χ1v) is 9.12. The van der Waals surface area contributed by atoms with E-state index in [1.807, 2.05) is 44.2 Å². The first-order chi connectivity index (χ1) is 13.3. The van der Waals surface area contributed by atoms with Crippen molar-refractivity contribution in [2.24, 2.45) is 0 Å². The van der Waals surface area contributed by atoms with Crippen molar-refractivity contribution in [2.45, 2.75) is 13.8 Å². The molecule has 0 radical (unpaired) electrons. The minimum absolute atomic E-state index is 0.0597. The summed E-state index contributed by atoms with van der Waals surface area (Å²) >= 11 is 4.98. The standard InChI is InChI=1S/C21H21N3O3S/c1-5-10-27-17-8-6-16(7-9-17)24-13(2)11-15(14(24)3)12-18-19(25)22-21(28)23(4)20(18)26/h5-9,11-12H,1,10H2,2-4H3,(H,22,25,28)/b18-12+. The van der Waals surface area contributed by atoms with Gasteiger partial charge < -0.3 is 9.30 Å². The highest BCUT2D eigenvalue weighted by Crippen LogP contribution is 2.25. The topological polar surface area (TPSA) is 63.6 Å². The van der Waals surface area contributed by atoms with Gasteiger partial charge >= 0.3 is 0 Å². The lowest BCUT2D eigenvalue weighted by molar-refractivity contribution is -0.128. The zero-order valence-electron chi connectivity index (χ0n) is 16.0. The Morgan fingerprint density at radius 3 is 2.54 bits per heavy atom. The Kier molecular flexibility index (Phi) is 5.46. The number of carbonyl (C=O) groups is 2. The highest BCUT2D eigenvalue weighted by atomic mass is 32.1. The Labute approximate surface area is 169 Å². The van der Waals surface area contributed by atoms with Crippen LogP contribution < -0.4 is 10.1 Å². The number of aryl methyl sites for hydroxylation is 1. The monoisotopic (exact) mass is 395 g/mol. The molecule has 0 spiro atoms. The number of hydrogen-bond acceptors (Lipinski definition) is 4. The average molecular weight is 395 g/mol. The fourth-order valence-electron chi connectivity index (χ4n) is 3.08. The molecule has 0 atom stereocenters. The Balaban J connectivity index is 1.96. The van der Waals surface area contributed by atoms with Crippen molar-refractivity contribution < 1.29 is 14.3 Å². The van der Waals surface area contributed by atoms with Crippen LogP contribution in [-0.2, 0) is 9.59 Å². The fraction of sp³-hybridized carbons (Fsp3) is 0.190. The number of thiocarbonyl (C=S) groups is 1. The van der Waals surface area contributed by atoms with Gasteiger partial charge in [0.15, 0.2) is 5.11 Å². The van der Waals surface area contributed by atoms with Gasteiger partial charge in [-0.2, -0.15) is 0 Å². The lowest BCUT2D eigenvalue weighted by atomic mass is 10.1. The highest BCUT2D eigenvalue weighted by Gasteiger charge is 2.31. The molecule has 1 N–H and O–H groups in total. The van der Waals surface area contributed by atoms with Crippen LogP contribution in [0.5, 0.6) is 5.75 Å². The second-order valence-electron chi connectivity index (χ2n) is 6.44. The van der Waals surface area contributed by atoms with E-state index in [9.17, 15) is 9.59 Å². The minimum Gasteiger partial charge on any atom is -0.490 e. The molecular formula is C21H21N3O3S. The van der Waals surface area contributed by atoms with E-state index in [2.05, 4.69) is 16.5 Å². The van der Waals surface area contributed by atoms with Crippen LogP contribution in [0.3, 0.4) is 0 Å². The van der Waals surface area contributed by atoms with E-state index in [1.54, 1.807) is 12.2 Å². The Bertz CT molecular complexity index is 1000. The molecular weight excluding hydrogens is 374 g/mol. The van der Waals surface area contributed by atoms with Crippen LogP contribution in [0.1, 0.15) is 17.0 Å². The maximum atomic E-state index is 12.4. The van der Waals surface area contributed by atoms with Crippen molar-refractivity contribution in [1.82, 2.24) is 14.8 Å². The molecule has 28 heavy (non-hydrogen) atoms. The molecule has 1 aliphatic rings. The van der Waals surface area contributed by atoms with Gasteiger partial charge in [-0.15, -0.1) is 0 Å². The van der Waals surface area contributed by atoms with Gasteiger partial charge in [0.25, 0.3) is 11.8 Å². The second-order valence-corrected chi connectivity index (χ2v) is 6.82. The summed E-state index contributed by atoms with van der Waals surface area (Å²) in [5.41, 5.74) is 3.72. The van der Waals surface area contributed by atoms with Crippen LogP contribution in [0, 0.1) is 13.8 Å². The predicted molar refractivity (Wildman–Crippen MR) is 112 cm³/mol. The number of aromatic nitrogens is 1. The molecule has 2 amide bonds. The molecule has 2 heterocycles. The molecule has 6 nitrogen and oxygen atoms in total. The molecule has 7 heteroatoms. The van der Waals surface area contributed by atoms with Gasteiger partial charge in [-0.1, -0.05) is 12.7 Å². The first-order valence-electron chi connectivity index (χ1n) is 8.71. The van der Waals surface area contributed by atoms with Crippen LogP contribution in [0.4, 0.5) is 0 Å². The SMILES string of the molecule is C=CCOc1ccc(-n2c(C)cc(/C=C3\C(=O)NC(=S)N(C)C3=O)c2C)cc1. The predicted octanol–water partition coefficient (Wildman–Crippen LogP) is 2.92. The zero-order chi connectivity index (χ0) is 20.4. The van der Waals surface area contributed by atoms with Gasteiger partial charge in [-0.05, 0) is 68.0 Å². The summed E-state index contributed by atoms with van der Waals surface area (Å²) in [5.74, 6) is -0.138. The van der Waals surface area contributed by atoms with Gasteiger partial charge in [-0.25, -0.2) is 0 Å². The van der Waals surface area contributed by atoms with E-state index in [-0.39, 0.29) is 10.7 Å². The lowest BCUT2D eigenvalue weighted by Gasteiger charge is -2.25. The third-order valence-electron chi connectivity index (χ3n) is 4.54. The van der Waals surface area contributed by atoms with Crippen molar-refractivity contribution in [3.05, 3.63) is 65.5 Å². The molecule has 1 saturated heterocycles. The molecule has 1 fully saturated rings. The largest absolute Gasteiger partial charge is 0.490 e. The molecule has 1 aromatic heterocycles. The van der Waals surface area contributed by atoms with Crippen LogP contribution in [-0.4, -0.2) is 40.0 Å². The number of hydrogen-bond donors (Lipinski definition) is 1. The molecule has 1 aliphatic heterocycles. The summed E-state index contributed by atoms with van der Waals surface area (Å²) in [6, 6.07) is 9.64. The number of nitrogens with one attached hydrogen (secondary N) is 1. The maximum Gasteiger partial charge on any atom is 0.265 e. The third-order valence-corrected chi connectivity index (χ3v) is 4.91. The van der Waals surface area contributed by atoms with E-state index in [1.165, 1.54) is 11.9 Å². The van der Waals surface area contributed by atoms with Gasteiger partial charge in [0.2, 0.25) is 0 Å². The first kappa shape index (κ1) is 19.6. The van der Waals surface area contributed by atoms with E-state index >= 15 is 0 Å². The molecule has 0 aliphatic carbocycles. The number of nitrogens with zero attached hydrogens (tertiary/aromatic N) is 2. The minimum atomic E-state index is -0.485. The number of carbonyl (C=O) groups excluding carboxylic acids is 2. The zero-order valence-corrected chi connectivity index (χ0v) is 16.8. The number of amides is 2. The Morgan fingerprint density at radius 1 is 1.21 bits per heavy atom. The number of ether oxygens (including phenoxy) is 1. The molecule has 144 valence electrons. The van der Waals surface area contributed by atoms with Crippen LogP contribution in [0.2, 0.25) is 0 Å². The highest BCUT2D eigenvalue weighted by molar-refractivity contribution is 7.80. The van der Waals surface area contributed by atoms with Crippen LogP contribution in [0.25, 0.3) is 11.8 Å². The average Bonchev–Trinajstić information content (AvgIpc) is 2.95. The van der Waals surface area contributed by atoms with E-state index in [0.717, 1.165) is 28.4 Å². The summed E-state index contributed by atoms with van der Waals surface area (Å²) in [6.45, 7) is 8.01. The lowest BCUT2D eigenvalue weighted by Crippen LogP contribution is -2.52. The summed E-state index contributed by atoms with van der Waals surface area (Å²) in [4.78, 5) is 25.9. The van der Waals surface area contributed by atoms with Gasteiger partial charge in [0.05, 0.1) is 0 Å². The van der Waals surface area contributed by atoms with Gasteiger partial charge in [0, 0.05) is 24.1 Å². The molecule has 2 aromatic rings. The fourth-order valence-corrected chi connectivity index (χ4v) is 3.25. The van der Waals surface area contributed by atoms with E-state index < -0.39 is 11.8 Å². The van der Waals surface area contributed by atoms with Crippen LogP contribution in [0.15, 0.2) is 48.6 Å². The number of likely N-dealkylation sites (N-methyl/N-ethyl adjacent to an activating group) is 1. The Morgan fingerprint density at radius 2 is 1.89 bits per heavy atom. The molecule has 0 unspecified atom stereocenters. The summed E-state index contributed by atoms with van der Waals surface area (Å²) < 4.78 is 7.58. The smallest absolute Gasteiger partial charge is 0.265 e. The number of benzene rings is 1. The van der Waals surface area contributed by atoms with Crippen molar-refractivity contribution in [3.8, 4) is 11.4 Å². The third kappa shape index (κ3) is 3.61. The molecule has 0 saturated carbocycles. The second kappa shape index (κ2) is 7.82. The molecule has 3 rings (SSSR count). The molecule has 1 aromatic carbocycles. The van der Waals surface area contributed by atoms with Gasteiger partial charge in [-0.3, -0.25) is 19.8 Å². The summed E-state index contributed by atoms with van der Waals surface area (Å²) in [7, 11) is 1.54. The van der Waals surface area contributed by atoms with E-state index in [0.29, 0.717) is 6.61 Å². The van der Waals surface area contributed by atoms with E-state index in [4.69, 9.17) is 17.0 Å². The van der Waals surface area contributed by atoms with Crippen molar-refractivity contribution in [3.63, 3.8) is 0 Å². The van der Waals surface area contributed by atoms with Crippen LogP contribution >= 0.6 is 12.2 Å². The summed E-state index contributed by atoms with van der Waals surface area (Å²) in [5, 5.41) is 2.63. The van der Waals surface area contributed by atoms with Crippen molar-refractivity contribution >= 4 is 35.2 Å². The summed E-state index contributed by atoms with van der Waals surface area (Å²) in [6.07, 6.45) is 3.30. The quantitative estimate of drug-likeness (QED) is 0.366. The molecule has 0 bridgehead atoms. The maximum absolute atomic E-state index is 12.4. The normalized spacial score (nSPS) is 15.8. The van der Waals surface area contributed by atoms with Gasteiger partial charge in [0.1, 0.15) is 17.9 Å². The van der Waals surface area contributed by atoms with Crippen molar-refractivity contribution in [1.29, 1.82) is 0 Å². The number of rotatable bonds is 5.